The first-order valence-corrected chi connectivity index (χ1v) is 6.10. The number of carbonyl (C=O) groups excluding carboxylic acids is 1. The number of hydrogen-bond donors (Lipinski definition) is 0. The molecular formula is C9H18O3S. The van der Waals surface area contributed by atoms with Crippen molar-refractivity contribution in [3.05, 3.63) is 0 Å². The summed E-state index contributed by atoms with van der Waals surface area (Å²) in [6, 6.07) is 0. The van der Waals surface area contributed by atoms with Gasteiger partial charge in [-0.3, -0.25) is 4.79 Å². The minimum absolute atomic E-state index is 0.0238. The lowest BCUT2D eigenvalue weighted by Gasteiger charge is -2.21. The largest absolute Gasteiger partial charge is 0.298 e. The Morgan fingerprint density at radius 3 is 1.92 bits per heavy atom. The van der Waals surface area contributed by atoms with Crippen LogP contribution in [0, 0.1) is 5.41 Å². The molecule has 0 spiro atoms. The minimum Gasteiger partial charge on any atom is -0.298 e. The number of hydrogen-bond acceptors (Lipinski definition) is 3. The van der Waals surface area contributed by atoms with Crippen LogP contribution in [0.3, 0.4) is 0 Å². The fraction of sp³-hybridized carbons (Fsp3) is 0.889. The Morgan fingerprint density at radius 1 is 1.31 bits per heavy atom. The number of sulfone groups is 1. The summed E-state index contributed by atoms with van der Waals surface area (Å²) in [5, 5.41) is -0.877. The molecule has 0 fully saturated rings. The Labute approximate surface area is 80.4 Å². The van der Waals surface area contributed by atoms with Crippen molar-refractivity contribution in [2.75, 3.05) is 5.75 Å². The molecule has 0 saturated heterocycles. The summed E-state index contributed by atoms with van der Waals surface area (Å²) in [7, 11) is -3.23. The number of rotatable bonds is 3. The van der Waals surface area contributed by atoms with Gasteiger partial charge in [-0.1, -0.05) is 27.7 Å². The summed E-state index contributed by atoms with van der Waals surface area (Å²) in [6.07, 6.45) is 0. The van der Waals surface area contributed by atoms with Crippen molar-refractivity contribution in [1.29, 1.82) is 0 Å². The zero-order valence-electron chi connectivity index (χ0n) is 8.92. The van der Waals surface area contributed by atoms with Crippen LogP contribution in [0.4, 0.5) is 0 Å². The second kappa shape index (κ2) is 3.78. The summed E-state index contributed by atoms with van der Waals surface area (Å²) in [5.41, 5.74) is -0.582. The lowest BCUT2D eigenvalue weighted by atomic mass is 9.89. The van der Waals surface area contributed by atoms with E-state index in [1.54, 1.807) is 27.7 Å². The third kappa shape index (κ3) is 3.10. The first-order valence-electron chi connectivity index (χ1n) is 4.38. The number of carbonyl (C=O) groups is 1. The second-order valence-electron chi connectivity index (χ2n) is 4.21. The molecule has 0 aromatic carbocycles. The van der Waals surface area contributed by atoms with Crippen LogP contribution in [-0.4, -0.2) is 25.2 Å². The maximum absolute atomic E-state index is 11.6. The van der Waals surface area contributed by atoms with Crippen LogP contribution < -0.4 is 0 Å². The topological polar surface area (TPSA) is 51.2 Å². The van der Waals surface area contributed by atoms with Crippen molar-refractivity contribution in [1.82, 2.24) is 0 Å². The molecule has 1 atom stereocenters. The van der Waals surface area contributed by atoms with E-state index in [0.717, 1.165) is 0 Å². The van der Waals surface area contributed by atoms with Crippen molar-refractivity contribution in [3.8, 4) is 0 Å². The molecule has 0 aliphatic carbocycles. The van der Waals surface area contributed by atoms with E-state index in [4.69, 9.17) is 0 Å². The van der Waals surface area contributed by atoms with Crippen LogP contribution in [0.1, 0.15) is 34.6 Å². The molecule has 0 aliphatic heterocycles. The molecule has 0 rings (SSSR count). The third-order valence-electron chi connectivity index (χ3n) is 2.05. The predicted octanol–water partition coefficient (Wildman–Crippen LogP) is 1.42. The molecule has 3 nitrogen and oxygen atoms in total. The van der Waals surface area contributed by atoms with E-state index in [1.807, 2.05) is 0 Å². The molecule has 78 valence electrons. The molecule has 0 aliphatic rings. The van der Waals surface area contributed by atoms with E-state index in [2.05, 4.69) is 0 Å². The molecule has 0 aromatic rings. The molecule has 13 heavy (non-hydrogen) atoms. The van der Waals surface area contributed by atoms with Crippen LogP contribution in [0.25, 0.3) is 0 Å². The predicted molar refractivity (Wildman–Crippen MR) is 53.4 cm³/mol. The average molecular weight is 206 g/mol. The fourth-order valence-electron chi connectivity index (χ4n) is 1.02. The quantitative estimate of drug-likeness (QED) is 0.701. The standard InChI is InChI=1S/C9H18O3S/c1-6-13(11,12)7(2)8(10)9(3,4)5/h7H,6H2,1-5H3/t7-/m1/s1. The maximum Gasteiger partial charge on any atom is 0.159 e. The van der Waals surface area contributed by atoms with Gasteiger partial charge in [0.05, 0.1) is 0 Å². The zero-order chi connectivity index (χ0) is 10.9. The monoisotopic (exact) mass is 206 g/mol. The third-order valence-corrected chi connectivity index (χ3v) is 4.15. The van der Waals surface area contributed by atoms with Gasteiger partial charge in [0, 0.05) is 11.2 Å². The van der Waals surface area contributed by atoms with Crippen LogP contribution in [0.2, 0.25) is 0 Å². The Bertz CT molecular complexity index is 282. The Hall–Kier alpha value is -0.380. The highest BCUT2D eigenvalue weighted by molar-refractivity contribution is 7.92. The van der Waals surface area contributed by atoms with Gasteiger partial charge in [-0.2, -0.15) is 0 Å². The Balaban J connectivity index is 4.84. The Kier molecular flexibility index (Phi) is 3.67. The lowest BCUT2D eigenvalue weighted by molar-refractivity contribution is -0.125. The minimum atomic E-state index is -3.23. The molecule has 0 heterocycles. The van der Waals surface area contributed by atoms with Crippen molar-refractivity contribution in [3.63, 3.8) is 0 Å². The van der Waals surface area contributed by atoms with Crippen LogP contribution in [-0.2, 0) is 14.6 Å². The Morgan fingerprint density at radius 2 is 1.69 bits per heavy atom. The van der Waals surface area contributed by atoms with Gasteiger partial charge in [0.15, 0.2) is 15.6 Å². The molecule has 0 saturated carbocycles. The highest BCUT2D eigenvalue weighted by atomic mass is 32.2. The zero-order valence-corrected chi connectivity index (χ0v) is 9.73. The summed E-state index contributed by atoms with van der Waals surface area (Å²) >= 11 is 0. The molecule has 4 heteroatoms. The van der Waals surface area contributed by atoms with Gasteiger partial charge in [-0.25, -0.2) is 8.42 Å². The van der Waals surface area contributed by atoms with Gasteiger partial charge in [0.25, 0.3) is 0 Å². The summed E-state index contributed by atoms with van der Waals surface area (Å²) in [5.74, 6) is -0.190. The van der Waals surface area contributed by atoms with Crippen LogP contribution >= 0.6 is 0 Å². The molecular weight excluding hydrogens is 188 g/mol. The van der Waals surface area contributed by atoms with Crippen molar-refractivity contribution >= 4 is 15.6 Å². The van der Waals surface area contributed by atoms with Gasteiger partial charge in [-0.05, 0) is 6.92 Å². The van der Waals surface area contributed by atoms with Crippen LogP contribution in [0.5, 0.6) is 0 Å². The van der Waals surface area contributed by atoms with Gasteiger partial charge in [0.1, 0.15) is 5.25 Å². The van der Waals surface area contributed by atoms with Crippen LogP contribution in [0.15, 0.2) is 0 Å². The SMILES string of the molecule is CCS(=O)(=O)[C@H](C)C(=O)C(C)(C)C. The first kappa shape index (κ1) is 12.6. The van der Waals surface area contributed by atoms with Crippen molar-refractivity contribution in [2.45, 2.75) is 39.9 Å². The van der Waals surface area contributed by atoms with E-state index in [9.17, 15) is 13.2 Å². The molecule has 0 radical (unpaired) electrons. The number of Topliss-reactive ketones (excluding diaryl/α,β-unsaturated/α-hetero) is 1. The molecule has 0 N–H and O–H groups in total. The summed E-state index contributed by atoms with van der Waals surface area (Å²) < 4.78 is 22.7. The molecule has 0 bridgehead atoms. The van der Waals surface area contributed by atoms with Gasteiger partial charge in [0.2, 0.25) is 0 Å². The second-order valence-corrected chi connectivity index (χ2v) is 6.82. The fourth-order valence-corrected chi connectivity index (χ4v) is 2.20. The molecule has 0 aromatic heterocycles. The van der Waals surface area contributed by atoms with Gasteiger partial charge < -0.3 is 0 Å². The summed E-state index contributed by atoms with van der Waals surface area (Å²) in [4.78, 5) is 11.6. The smallest absolute Gasteiger partial charge is 0.159 e. The van der Waals surface area contributed by atoms with Crippen molar-refractivity contribution < 1.29 is 13.2 Å². The van der Waals surface area contributed by atoms with E-state index in [0.29, 0.717) is 0 Å². The van der Waals surface area contributed by atoms with E-state index in [-0.39, 0.29) is 11.5 Å². The highest BCUT2D eigenvalue weighted by Gasteiger charge is 2.33. The summed E-state index contributed by atoms with van der Waals surface area (Å²) in [6.45, 7) is 8.22. The lowest BCUT2D eigenvalue weighted by Crippen LogP contribution is -2.36. The van der Waals surface area contributed by atoms with E-state index in [1.165, 1.54) is 6.92 Å². The van der Waals surface area contributed by atoms with Gasteiger partial charge >= 0.3 is 0 Å². The van der Waals surface area contributed by atoms with E-state index < -0.39 is 20.5 Å². The highest BCUT2D eigenvalue weighted by Crippen LogP contribution is 2.20. The van der Waals surface area contributed by atoms with Gasteiger partial charge in [-0.15, -0.1) is 0 Å². The molecule has 0 unspecified atom stereocenters. The van der Waals surface area contributed by atoms with Crippen molar-refractivity contribution in [2.24, 2.45) is 5.41 Å². The number of ketones is 1. The average Bonchev–Trinajstić information content (AvgIpc) is 2.00. The van der Waals surface area contributed by atoms with E-state index >= 15 is 0 Å². The normalized spacial score (nSPS) is 15.5. The maximum atomic E-state index is 11.6. The first-order chi connectivity index (χ1) is 5.63. The molecule has 0 amide bonds.